The van der Waals surface area contributed by atoms with Crippen LogP contribution in [0.1, 0.15) is 18.4 Å². The van der Waals surface area contributed by atoms with Crippen molar-refractivity contribution in [3.63, 3.8) is 0 Å². The van der Waals surface area contributed by atoms with Crippen molar-refractivity contribution in [1.29, 1.82) is 0 Å². The number of ether oxygens (including phenoxy) is 2. The zero-order chi connectivity index (χ0) is 22.7. The predicted molar refractivity (Wildman–Crippen MR) is 132 cm³/mol. The molecule has 0 N–H and O–H groups in total. The Kier molecular flexibility index (Phi) is 7.07. The number of methoxy groups -OCH3 is 2. The van der Waals surface area contributed by atoms with Crippen LogP contribution in [0.15, 0.2) is 52.7 Å². The van der Waals surface area contributed by atoms with Crippen molar-refractivity contribution in [3.8, 4) is 22.8 Å². The first-order valence-corrected chi connectivity index (χ1v) is 13.8. The normalized spacial score (nSPS) is 15.0. The standard InChI is InChI=1S/C23H25BrN2O4S2/c1-29-17-5-8-22(30-2)20(13-17)21-15-31-23(25-21)26-11-9-19(10-12-26)32(27,28)18-6-3-16(14-24)4-7-18/h3-8,13,15,19H,9-12,14H2,1-2H3. The molecule has 6 nitrogen and oxygen atoms in total. The first-order chi connectivity index (χ1) is 15.5. The van der Waals surface area contributed by atoms with E-state index >= 15 is 0 Å². The third-order valence-electron chi connectivity index (χ3n) is 5.73. The number of sulfone groups is 1. The Morgan fingerprint density at radius 3 is 2.44 bits per heavy atom. The molecule has 0 saturated carbocycles. The zero-order valence-electron chi connectivity index (χ0n) is 18.0. The summed E-state index contributed by atoms with van der Waals surface area (Å²) in [7, 11) is -0.0691. The van der Waals surface area contributed by atoms with Crippen LogP contribution in [0.3, 0.4) is 0 Å². The van der Waals surface area contributed by atoms with Gasteiger partial charge in [-0.15, -0.1) is 11.3 Å². The van der Waals surface area contributed by atoms with Crippen LogP contribution in [0, 0.1) is 0 Å². The minimum absolute atomic E-state index is 0.369. The number of piperidine rings is 1. The fraction of sp³-hybridized carbons (Fsp3) is 0.348. The maximum absolute atomic E-state index is 13.1. The van der Waals surface area contributed by atoms with Crippen molar-refractivity contribution in [3.05, 3.63) is 53.4 Å². The van der Waals surface area contributed by atoms with Gasteiger partial charge in [0.2, 0.25) is 0 Å². The monoisotopic (exact) mass is 536 g/mol. The lowest BCUT2D eigenvalue weighted by Crippen LogP contribution is -2.39. The fourth-order valence-electron chi connectivity index (χ4n) is 3.87. The van der Waals surface area contributed by atoms with Gasteiger partial charge in [0, 0.05) is 29.4 Å². The summed E-state index contributed by atoms with van der Waals surface area (Å²) in [5.41, 5.74) is 2.76. The maximum atomic E-state index is 13.1. The van der Waals surface area contributed by atoms with Gasteiger partial charge in [-0.3, -0.25) is 0 Å². The molecule has 4 rings (SSSR count). The molecular formula is C23H25BrN2O4S2. The molecule has 0 atom stereocenters. The van der Waals surface area contributed by atoms with Crippen molar-refractivity contribution in [2.24, 2.45) is 0 Å². The highest BCUT2D eigenvalue weighted by molar-refractivity contribution is 9.08. The molecule has 0 spiro atoms. The van der Waals surface area contributed by atoms with Gasteiger partial charge in [0.1, 0.15) is 11.5 Å². The Labute approximate surface area is 201 Å². The van der Waals surface area contributed by atoms with Gasteiger partial charge < -0.3 is 14.4 Å². The van der Waals surface area contributed by atoms with E-state index in [1.54, 1.807) is 37.7 Å². The van der Waals surface area contributed by atoms with E-state index in [-0.39, 0.29) is 5.25 Å². The van der Waals surface area contributed by atoms with E-state index in [4.69, 9.17) is 14.5 Å². The van der Waals surface area contributed by atoms with Crippen molar-refractivity contribution >= 4 is 42.2 Å². The number of halogens is 1. The lowest BCUT2D eigenvalue weighted by Gasteiger charge is -2.31. The molecule has 2 heterocycles. The highest BCUT2D eigenvalue weighted by Crippen LogP contribution is 2.37. The number of nitrogens with zero attached hydrogens (tertiary/aromatic N) is 2. The van der Waals surface area contributed by atoms with E-state index in [1.165, 1.54) is 0 Å². The van der Waals surface area contributed by atoms with E-state index in [2.05, 4.69) is 20.8 Å². The van der Waals surface area contributed by atoms with E-state index in [0.717, 1.165) is 33.5 Å². The second kappa shape index (κ2) is 9.80. The molecule has 0 aliphatic carbocycles. The van der Waals surface area contributed by atoms with E-state index < -0.39 is 9.84 Å². The second-order valence-electron chi connectivity index (χ2n) is 7.59. The Bertz CT molecular complexity index is 1170. The first-order valence-electron chi connectivity index (χ1n) is 10.3. The summed E-state index contributed by atoms with van der Waals surface area (Å²) in [6, 6.07) is 12.8. The predicted octanol–water partition coefficient (Wildman–Crippen LogP) is 5.16. The van der Waals surface area contributed by atoms with Gasteiger partial charge in [-0.2, -0.15) is 0 Å². The summed E-state index contributed by atoms with van der Waals surface area (Å²) in [5, 5.41) is 3.23. The van der Waals surface area contributed by atoms with Gasteiger partial charge in [-0.05, 0) is 48.7 Å². The molecule has 3 aromatic rings. The van der Waals surface area contributed by atoms with Crippen LogP contribution < -0.4 is 14.4 Å². The zero-order valence-corrected chi connectivity index (χ0v) is 21.2. The largest absolute Gasteiger partial charge is 0.497 e. The summed E-state index contributed by atoms with van der Waals surface area (Å²) in [6.07, 6.45) is 1.17. The smallest absolute Gasteiger partial charge is 0.185 e. The number of alkyl halides is 1. The van der Waals surface area contributed by atoms with E-state index in [9.17, 15) is 8.42 Å². The fourth-order valence-corrected chi connectivity index (χ4v) is 6.85. The third-order valence-corrected chi connectivity index (χ3v) is 9.56. The first kappa shape index (κ1) is 23.1. The Hall–Kier alpha value is -2.10. The van der Waals surface area contributed by atoms with Crippen LogP contribution in [-0.4, -0.2) is 46.0 Å². The lowest BCUT2D eigenvalue weighted by molar-refractivity contribution is 0.404. The summed E-state index contributed by atoms with van der Waals surface area (Å²) < 4.78 is 37.0. The molecule has 0 radical (unpaired) electrons. The molecule has 1 aliphatic heterocycles. The van der Waals surface area contributed by atoms with Crippen LogP contribution in [0.25, 0.3) is 11.3 Å². The number of benzene rings is 2. The number of rotatable bonds is 7. The molecule has 2 aromatic carbocycles. The third kappa shape index (κ3) is 4.65. The number of hydrogen-bond acceptors (Lipinski definition) is 7. The van der Waals surface area contributed by atoms with E-state index in [0.29, 0.717) is 36.2 Å². The summed E-state index contributed by atoms with van der Waals surface area (Å²) >= 11 is 4.95. The number of thiazole rings is 1. The van der Waals surface area contributed by atoms with E-state index in [1.807, 2.05) is 35.7 Å². The van der Waals surface area contributed by atoms with Crippen LogP contribution in [-0.2, 0) is 15.2 Å². The van der Waals surface area contributed by atoms with Gasteiger partial charge in [0.05, 0.1) is 30.1 Å². The Morgan fingerprint density at radius 2 is 1.81 bits per heavy atom. The number of anilines is 1. The van der Waals surface area contributed by atoms with Gasteiger partial charge in [0.25, 0.3) is 0 Å². The van der Waals surface area contributed by atoms with Crippen LogP contribution >= 0.6 is 27.3 Å². The minimum Gasteiger partial charge on any atom is -0.497 e. The van der Waals surface area contributed by atoms with Gasteiger partial charge in [-0.1, -0.05) is 28.1 Å². The molecule has 1 aromatic heterocycles. The molecule has 0 bridgehead atoms. The molecule has 1 fully saturated rings. The number of hydrogen-bond donors (Lipinski definition) is 0. The minimum atomic E-state index is -3.34. The van der Waals surface area contributed by atoms with Gasteiger partial charge in [0.15, 0.2) is 15.0 Å². The molecule has 170 valence electrons. The maximum Gasteiger partial charge on any atom is 0.185 e. The molecule has 1 saturated heterocycles. The molecule has 9 heteroatoms. The summed E-state index contributed by atoms with van der Waals surface area (Å²) in [4.78, 5) is 7.38. The van der Waals surface area contributed by atoms with Crippen LogP contribution in [0.2, 0.25) is 0 Å². The van der Waals surface area contributed by atoms with Gasteiger partial charge in [-0.25, -0.2) is 13.4 Å². The van der Waals surface area contributed by atoms with Gasteiger partial charge >= 0.3 is 0 Å². The molecule has 1 aliphatic rings. The lowest BCUT2D eigenvalue weighted by atomic mass is 10.1. The average molecular weight is 538 g/mol. The average Bonchev–Trinajstić information content (AvgIpc) is 3.34. The Balaban J connectivity index is 1.47. The summed E-state index contributed by atoms with van der Waals surface area (Å²) in [6.45, 7) is 1.32. The Morgan fingerprint density at radius 1 is 1.09 bits per heavy atom. The second-order valence-corrected chi connectivity index (χ2v) is 11.2. The van der Waals surface area contributed by atoms with Crippen molar-refractivity contribution in [2.75, 3.05) is 32.2 Å². The van der Waals surface area contributed by atoms with Crippen LogP contribution in [0.5, 0.6) is 11.5 Å². The number of aromatic nitrogens is 1. The SMILES string of the molecule is COc1ccc(OC)c(-c2csc(N3CCC(S(=O)(=O)c4ccc(CBr)cc4)CC3)n2)c1. The summed E-state index contributed by atoms with van der Waals surface area (Å²) in [5.74, 6) is 1.48. The molecule has 32 heavy (non-hydrogen) atoms. The highest BCUT2D eigenvalue weighted by atomic mass is 79.9. The quantitative estimate of drug-likeness (QED) is 0.388. The van der Waals surface area contributed by atoms with Crippen molar-refractivity contribution < 1.29 is 17.9 Å². The molecule has 0 amide bonds. The van der Waals surface area contributed by atoms with Crippen LogP contribution in [0.4, 0.5) is 5.13 Å². The highest BCUT2D eigenvalue weighted by Gasteiger charge is 2.32. The van der Waals surface area contributed by atoms with Crippen molar-refractivity contribution in [2.45, 2.75) is 28.3 Å². The van der Waals surface area contributed by atoms with Crippen molar-refractivity contribution in [1.82, 2.24) is 4.98 Å². The topological polar surface area (TPSA) is 68.7 Å². The molecular weight excluding hydrogens is 512 g/mol. The molecule has 0 unspecified atom stereocenters.